The molecule has 0 aromatic rings. The maximum absolute atomic E-state index is 11.4. The van der Waals surface area contributed by atoms with Crippen LogP contribution in [0.1, 0.15) is 26.2 Å². The molecule has 0 aromatic carbocycles. The Hall–Kier alpha value is -0.590. The first kappa shape index (κ1) is 7.08. The van der Waals surface area contributed by atoms with E-state index in [1.807, 2.05) is 0 Å². The van der Waals surface area contributed by atoms with Crippen molar-refractivity contribution in [2.45, 2.75) is 26.2 Å². The van der Waals surface area contributed by atoms with Crippen LogP contribution in [0.5, 0.6) is 0 Å². The predicted molar refractivity (Wildman–Crippen MR) is 44.1 cm³/mol. The molecule has 0 saturated heterocycles. The minimum Gasteiger partial charge on any atom is -0.299 e. The van der Waals surface area contributed by atoms with Crippen LogP contribution in [0, 0.1) is 17.8 Å². The summed E-state index contributed by atoms with van der Waals surface area (Å²) in [7, 11) is 0. The predicted octanol–water partition coefficient (Wildman–Crippen LogP) is 2.18. The number of carbonyl (C=O) groups excluding carboxylic acids is 1. The van der Waals surface area contributed by atoms with Crippen molar-refractivity contribution in [3.8, 4) is 0 Å². The fraction of sp³-hybridized carbons (Fsp3) is 0.700. The van der Waals surface area contributed by atoms with Gasteiger partial charge in [-0.25, -0.2) is 0 Å². The largest absolute Gasteiger partial charge is 0.299 e. The Bertz CT molecular complexity index is 205. The summed E-state index contributed by atoms with van der Waals surface area (Å²) in [6.45, 7) is 2.20. The zero-order valence-corrected chi connectivity index (χ0v) is 6.92. The van der Waals surface area contributed by atoms with Gasteiger partial charge in [0.25, 0.3) is 0 Å². The number of hydrogen-bond acceptors (Lipinski definition) is 1. The maximum Gasteiger partial charge on any atom is 0.140 e. The summed E-state index contributed by atoms with van der Waals surface area (Å²) < 4.78 is 0. The molecule has 3 atom stereocenters. The molecule has 0 heterocycles. The minimum atomic E-state index is 0.274. The quantitative estimate of drug-likeness (QED) is 0.484. The van der Waals surface area contributed by atoms with Crippen LogP contribution in [0.25, 0.3) is 0 Å². The SMILES string of the molecule is C[C@@H]1CC(=O)[C@H]2C=C[C@H]1CC2. The van der Waals surface area contributed by atoms with Crippen molar-refractivity contribution in [2.24, 2.45) is 17.8 Å². The van der Waals surface area contributed by atoms with Gasteiger partial charge in [0.2, 0.25) is 0 Å². The number of carbonyl (C=O) groups is 1. The highest BCUT2D eigenvalue weighted by Crippen LogP contribution is 2.35. The summed E-state index contributed by atoms with van der Waals surface area (Å²) in [4.78, 5) is 11.4. The average molecular weight is 150 g/mol. The molecule has 3 aliphatic rings. The van der Waals surface area contributed by atoms with E-state index in [0.29, 0.717) is 17.6 Å². The number of fused-ring (bicyclic) bond motifs is 3. The summed E-state index contributed by atoms with van der Waals surface area (Å²) in [5.41, 5.74) is 0. The van der Waals surface area contributed by atoms with Crippen molar-refractivity contribution < 1.29 is 4.79 Å². The molecule has 0 radical (unpaired) electrons. The first-order chi connectivity index (χ1) is 5.27. The van der Waals surface area contributed by atoms with Gasteiger partial charge in [0, 0.05) is 12.3 Å². The van der Waals surface area contributed by atoms with Gasteiger partial charge in [-0.1, -0.05) is 19.1 Å². The third kappa shape index (κ3) is 1.13. The number of allylic oxidation sites excluding steroid dienone is 2. The standard InChI is InChI=1S/C10H14O/c1-7-6-10(11)9-4-2-8(7)3-5-9/h2,4,7-9H,3,5-6H2,1H3/t7-,8+,9+/m1/s1. The molecule has 1 fully saturated rings. The lowest BCUT2D eigenvalue weighted by molar-refractivity contribution is -0.121. The highest BCUT2D eigenvalue weighted by molar-refractivity contribution is 5.83. The lowest BCUT2D eigenvalue weighted by Crippen LogP contribution is -2.10. The van der Waals surface area contributed by atoms with E-state index in [9.17, 15) is 4.79 Å². The topological polar surface area (TPSA) is 17.1 Å². The highest BCUT2D eigenvalue weighted by atomic mass is 16.1. The smallest absolute Gasteiger partial charge is 0.140 e. The molecule has 0 aliphatic heterocycles. The van der Waals surface area contributed by atoms with E-state index in [-0.39, 0.29) is 5.92 Å². The van der Waals surface area contributed by atoms with Gasteiger partial charge in [0.15, 0.2) is 0 Å². The van der Waals surface area contributed by atoms with Gasteiger partial charge in [0.05, 0.1) is 0 Å². The first-order valence-corrected chi connectivity index (χ1v) is 4.48. The van der Waals surface area contributed by atoms with Gasteiger partial charge in [-0.15, -0.1) is 0 Å². The van der Waals surface area contributed by atoms with Crippen LogP contribution in [-0.4, -0.2) is 5.78 Å². The van der Waals surface area contributed by atoms with E-state index in [1.165, 1.54) is 6.42 Å². The van der Waals surface area contributed by atoms with E-state index in [0.717, 1.165) is 12.8 Å². The van der Waals surface area contributed by atoms with Crippen LogP contribution < -0.4 is 0 Å². The number of hydrogen-bond donors (Lipinski definition) is 0. The fourth-order valence-electron chi connectivity index (χ4n) is 2.20. The van der Waals surface area contributed by atoms with Crippen LogP contribution >= 0.6 is 0 Å². The number of Topliss-reactive ketones (excluding diaryl/α,β-unsaturated/α-hetero) is 1. The molecule has 0 N–H and O–H groups in total. The lowest BCUT2D eigenvalue weighted by Gasteiger charge is -2.18. The first-order valence-electron chi connectivity index (χ1n) is 4.48. The lowest BCUT2D eigenvalue weighted by atomic mass is 9.87. The van der Waals surface area contributed by atoms with Crippen molar-refractivity contribution in [3.63, 3.8) is 0 Å². The monoisotopic (exact) mass is 150 g/mol. The molecule has 3 aliphatic carbocycles. The Balaban J connectivity index is 2.28. The molecule has 0 amide bonds. The number of rotatable bonds is 0. The van der Waals surface area contributed by atoms with Gasteiger partial charge >= 0.3 is 0 Å². The molecule has 0 aromatic heterocycles. The minimum absolute atomic E-state index is 0.274. The average Bonchev–Trinajstić information content (AvgIpc) is 2.22. The second-order valence-corrected chi connectivity index (χ2v) is 3.88. The Morgan fingerprint density at radius 1 is 1.36 bits per heavy atom. The van der Waals surface area contributed by atoms with Crippen LogP contribution in [0.4, 0.5) is 0 Å². The summed E-state index contributed by atoms with van der Waals surface area (Å²) in [6, 6.07) is 0. The van der Waals surface area contributed by atoms with Crippen molar-refractivity contribution in [1.82, 2.24) is 0 Å². The van der Waals surface area contributed by atoms with Crippen molar-refractivity contribution >= 4 is 5.78 Å². The van der Waals surface area contributed by atoms with E-state index in [2.05, 4.69) is 19.1 Å². The van der Waals surface area contributed by atoms with Crippen LogP contribution in [0.2, 0.25) is 0 Å². The van der Waals surface area contributed by atoms with Gasteiger partial charge in [-0.05, 0) is 24.7 Å². The molecule has 60 valence electrons. The highest BCUT2D eigenvalue weighted by Gasteiger charge is 2.30. The summed E-state index contributed by atoms with van der Waals surface area (Å²) in [5.74, 6) is 2.02. The Labute approximate surface area is 67.5 Å². The van der Waals surface area contributed by atoms with Crippen molar-refractivity contribution in [3.05, 3.63) is 12.2 Å². The molecule has 1 nitrogen and oxygen atoms in total. The Morgan fingerprint density at radius 2 is 2.18 bits per heavy atom. The van der Waals surface area contributed by atoms with E-state index in [1.54, 1.807) is 0 Å². The molecule has 3 rings (SSSR count). The number of ketones is 1. The molecule has 11 heavy (non-hydrogen) atoms. The normalized spacial score (nSPS) is 42.6. The van der Waals surface area contributed by atoms with E-state index in [4.69, 9.17) is 0 Å². The van der Waals surface area contributed by atoms with Gasteiger partial charge in [0.1, 0.15) is 5.78 Å². The van der Waals surface area contributed by atoms with Gasteiger partial charge < -0.3 is 0 Å². The van der Waals surface area contributed by atoms with Crippen LogP contribution in [-0.2, 0) is 4.79 Å². The summed E-state index contributed by atoms with van der Waals surface area (Å²) in [6.07, 6.45) is 7.52. The van der Waals surface area contributed by atoms with Gasteiger partial charge in [-0.3, -0.25) is 4.79 Å². The Kier molecular flexibility index (Phi) is 1.59. The molecular formula is C10H14O. The zero-order chi connectivity index (χ0) is 7.84. The molecule has 2 bridgehead atoms. The third-order valence-corrected chi connectivity index (χ3v) is 3.07. The molecular weight excluding hydrogens is 136 g/mol. The van der Waals surface area contributed by atoms with Gasteiger partial charge in [-0.2, -0.15) is 0 Å². The van der Waals surface area contributed by atoms with E-state index >= 15 is 0 Å². The zero-order valence-electron chi connectivity index (χ0n) is 6.92. The molecule has 1 saturated carbocycles. The second kappa shape index (κ2) is 2.47. The second-order valence-electron chi connectivity index (χ2n) is 3.88. The summed E-state index contributed by atoms with van der Waals surface area (Å²) >= 11 is 0. The van der Waals surface area contributed by atoms with Crippen molar-refractivity contribution in [2.75, 3.05) is 0 Å². The van der Waals surface area contributed by atoms with E-state index < -0.39 is 0 Å². The Morgan fingerprint density at radius 3 is 2.82 bits per heavy atom. The summed E-state index contributed by atoms with van der Waals surface area (Å²) in [5, 5.41) is 0. The van der Waals surface area contributed by atoms with Crippen LogP contribution in [0.3, 0.4) is 0 Å². The fourth-order valence-corrected chi connectivity index (χ4v) is 2.20. The molecule has 0 unspecified atom stereocenters. The third-order valence-electron chi connectivity index (χ3n) is 3.07. The van der Waals surface area contributed by atoms with Crippen molar-refractivity contribution in [1.29, 1.82) is 0 Å². The molecule has 1 heteroatoms. The molecule has 0 spiro atoms. The van der Waals surface area contributed by atoms with Crippen LogP contribution in [0.15, 0.2) is 12.2 Å². The maximum atomic E-state index is 11.4.